The molecule has 0 aliphatic carbocycles. The van der Waals surface area contributed by atoms with Crippen molar-refractivity contribution < 1.29 is 14.6 Å². The molecule has 2 N–H and O–H groups in total. The zero-order chi connectivity index (χ0) is 14.4. The fourth-order valence-electron chi connectivity index (χ4n) is 1.70. The van der Waals surface area contributed by atoms with Crippen molar-refractivity contribution in [3.63, 3.8) is 0 Å². The Morgan fingerprint density at radius 2 is 1.90 bits per heavy atom. The van der Waals surface area contributed by atoms with Crippen molar-refractivity contribution in [2.45, 2.75) is 6.61 Å². The van der Waals surface area contributed by atoms with Crippen molar-refractivity contribution in [2.24, 2.45) is 0 Å². The van der Waals surface area contributed by atoms with E-state index in [9.17, 15) is 9.90 Å². The maximum absolute atomic E-state index is 11.8. The molecule has 20 heavy (non-hydrogen) atoms. The van der Waals surface area contributed by atoms with E-state index < -0.39 is 0 Å². The Hall–Kier alpha value is -1.85. The average Bonchev–Trinajstić information content (AvgIpc) is 2.46. The predicted molar refractivity (Wildman–Crippen MR) is 80.6 cm³/mol. The molecule has 0 aliphatic rings. The predicted octanol–water partition coefficient (Wildman–Crippen LogP) is 2.96. The third-order valence-corrected chi connectivity index (χ3v) is 3.25. The Kier molecular flexibility index (Phi) is 5.15. The number of aliphatic hydroxyl groups is 1. The van der Waals surface area contributed by atoms with Gasteiger partial charge in [0.15, 0.2) is 6.61 Å². The third-order valence-electron chi connectivity index (χ3n) is 2.62. The van der Waals surface area contributed by atoms with E-state index in [1.165, 1.54) is 0 Å². The van der Waals surface area contributed by atoms with Gasteiger partial charge in [0.2, 0.25) is 0 Å². The van der Waals surface area contributed by atoms with Gasteiger partial charge in [-0.15, -0.1) is 0 Å². The molecule has 0 saturated carbocycles. The summed E-state index contributed by atoms with van der Waals surface area (Å²) in [4.78, 5) is 11.8. The number of anilines is 1. The molecule has 2 aromatic rings. The van der Waals surface area contributed by atoms with Gasteiger partial charge in [0.25, 0.3) is 5.91 Å². The number of hydrogen-bond donors (Lipinski definition) is 2. The molecule has 0 radical (unpaired) electrons. The standard InChI is InChI=1S/C15H14BrNO3/c16-13-8-4-5-11(9-18)15(13)20-10-14(19)17-12-6-2-1-3-7-12/h1-8,18H,9-10H2,(H,17,19). The lowest BCUT2D eigenvalue weighted by Gasteiger charge is -2.12. The SMILES string of the molecule is O=C(COc1c(Br)cccc1CO)Nc1ccccc1. The number of hydrogen-bond acceptors (Lipinski definition) is 3. The first-order valence-corrected chi connectivity index (χ1v) is 6.86. The summed E-state index contributed by atoms with van der Waals surface area (Å²) in [6.07, 6.45) is 0. The van der Waals surface area contributed by atoms with E-state index in [-0.39, 0.29) is 19.1 Å². The van der Waals surface area contributed by atoms with Crippen LogP contribution in [0.3, 0.4) is 0 Å². The van der Waals surface area contributed by atoms with E-state index in [1.54, 1.807) is 30.3 Å². The van der Waals surface area contributed by atoms with Gasteiger partial charge in [-0.05, 0) is 34.1 Å². The highest BCUT2D eigenvalue weighted by Crippen LogP contribution is 2.29. The number of carbonyl (C=O) groups excluding carboxylic acids is 1. The third kappa shape index (κ3) is 3.82. The first kappa shape index (κ1) is 14.6. The number of benzene rings is 2. The topological polar surface area (TPSA) is 58.6 Å². The Bertz CT molecular complexity index is 587. The number of ether oxygens (including phenoxy) is 1. The molecule has 4 nitrogen and oxygen atoms in total. The van der Waals surface area contributed by atoms with Crippen LogP contribution >= 0.6 is 15.9 Å². The maximum atomic E-state index is 11.8. The number of halogens is 1. The van der Waals surface area contributed by atoms with Crippen LogP contribution in [-0.2, 0) is 11.4 Å². The number of rotatable bonds is 5. The largest absolute Gasteiger partial charge is 0.482 e. The quantitative estimate of drug-likeness (QED) is 0.883. The van der Waals surface area contributed by atoms with Gasteiger partial charge >= 0.3 is 0 Å². The van der Waals surface area contributed by atoms with E-state index in [0.29, 0.717) is 15.8 Å². The smallest absolute Gasteiger partial charge is 0.262 e. The second kappa shape index (κ2) is 7.07. The van der Waals surface area contributed by atoms with Crippen LogP contribution in [0.5, 0.6) is 5.75 Å². The van der Waals surface area contributed by atoms with Gasteiger partial charge in [-0.3, -0.25) is 4.79 Å². The molecule has 2 rings (SSSR count). The van der Waals surface area contributed by atoms with Crippen molar-refractivity contribution in [3.8, 4) is 5.75 Å². The zero-order valence-corrected chi connectivity index (χ0v) is 12.3. The lowest BCUT2D eigenvalue weighted by molar-refractivity contribution is -0.118. The molecule has 104 valence electrons. The molecule has 0 bridgehead atoms. The second-order valence-corrected chi connectivity index (χ2v) is 4.94. The number of aliphatic hydroxyl groups excluding tert-OH is 1. The molecule has 0 saturated heterocycles. The van der Waals surface area contributed by atoms with Crippen LogP contribution in [0.2, 0.25) is 0 Å². The molecule has 5 heteroatoms. The molecule has 0 aromatic heterocycles. The normalized spacial score (nSPS) is 10.1. The molecule has 0 unspecified atom stereocenters. The van der Waals surface area contributed by atoms with E-state index in [2.05, 4.69) is 21.2 Å². The number of amides is 1. The maximum Gasteiger partial charge on any atom is 0.262 e. The summed E-state index contributed by atoms with van der Waals surface area (Å²) in [5.74, 6) is 0.231. The van der Waals surface area contributed by atoms with E-state index in [0.717, 1.165) is 5.69 Å². The van der Waals surface area contributed by atoms with Crippen molar-refractivity contribution in [1.29, 1.82) is 0 Å². The molecule has 0 aliphatic heterocycles. The van der Waals surface area contributed by atoms with Crippen LogP contribution in [0.1, 0.15) is 5.56 Å². The molecule has 0 spiro atoms. The van der Waals surface area contributed by atoms with Crippen molar-refractivity contribution in [2.75, 3.05) is 11.9 Å². The number of nitrogens with one attached hydrogen (secondary N) is 1. The lowest BCUT2D eigenvalue weighted by Crippen LogP contribution is -2.20. The highest BCUT2D eigenvalue weighted by Gasteiger charge is 2.10. The number of para-hydroxylation sites is 2. The van der Waals surface area contributed by atoms with Crippen LogP contribution in [0, 0.1) is 0 Å². The van der Waals surface area contributed by atoms with Crippen LogP contribution in [0.4, 0.5) is 5.69 Å². The van der Waals surface area contributed by atoms with E-state index in [4.69, 9.17) is 4.74 Å². The number of carbonyl (C=O) groups is 1. The first-order valence-electron chi connectivity index (χ1n) is 6.06. The Labute approximate surface area is 125 Å². The second-order valence-electron chi connectivity index (χ2n) is 4.09. The summed E-state index contributed by atoms with van der Waals surface area (Å²) in [5.41, 5.74) is 1.35. The Morgan fingerprint density at radius 1 is 1.15 bits per heavy atom. The summed E-state index contributed by atoms with van der Waals surface area (Å²) in [7, 11) is 0. The van der Waals surface area contributed by atoms with E-state index in [1.807, 2.05) is 18.2 Å². The van der Waals surface area contributed by atoms with E-state index >= 15 is 0 Å². The van der Waals surface area contributed by atoms with Gasteiger partial charge in [-0.25, -0.2) is 0 Å². The highest BCUT2D eigenvalue weighted by molar-refractivity contribution is 9.10. The lowest BCUT2D eigenvalue weighted by atomic mass is 10.2. The minimum absolute atomic E-state index is 0.121. The first-order chi connectivity index (χ1) is 9.70. The van der Waals surface area contributed by atoms with Crippen LogP contribution in [0.15, 0.2) is 53.0 Å². The van der Waals surface area contributed by atoms with Crippen molar-refractivity contribution in [3.05, 3.63) is 58.6 Å². The monoisotopic (exact) mass is 335 g/mol. The summed E-state index contributed by atoms with van der Waals surface area (Å²) in [5, 5.41) is 12.0. The summed E-state index contributed by atoms with van der Waals surface area (Å²) < 4.78 is 6.18. The fraction of sp³-hybridized carbons (Fsp3) is 0.133. The molecule has 0 heterocycles. The molecule has 2 aromatic carbocycles. The van der Waals surface area contributed by atoms with Gasteiger partial charge in [0, 0.05) is 11.3 Å². The Balaban J connectivity index is 1.97. The van der Waals surface area contributed by atoms with Gasteiger partial charge in [0.05, 0.1) is 11.1 Å². The van der Waals surface area contributed by atoms with Crippen LogP contribution < -0.4 is 10.1 Å². The summed E-state index contributed by atoms with van der Waals surface area (Å²) in [6.45, 7) is -0.264. The summed E-state index contributed by atoms with van der Waals surface area (Å²) >= 11 is 3.34. The zero-order valence-electron chi connectivity index (χ0n) is 10.7. The minimum atomic E-state index is -0.254. The van der Waals surface area contributed by atoms with Crippen molar-refractivity contribution >= 4 is 27.5 Å². The van der Waals surface area contributed by atoms with Crippen LogP contribution in [0.25, 0.3) is 0 Å². The van der Waals surface area contributed by atoms with Crippen LogP contribution in [-0.4, -0.2) is 17.6 Å². The molecule has 0 fully saturated rings. The highest BCUT2D eigenvalue weighted by atomic mass is 79.9. The van der Waals surface area contributed by atoms with Gasteiger partial charge in [-0.1, -0.05) is 30.3 Å². The van der Waals surface area contributed by atoms with Gasteiger partial charge < -0.3 is 15.2 Å². The fourth-order valence-corrected chi connectivity index (χ4v) is 2.22. The van der Waals surface area contributed by atoms with Gasteiger partial charge in [-0.2, -0.15) is 0 Å². The molecule has 0 atom stereocenters. The minimum Gasteiger partial charge on any atom is -0.482 e. The summed E-state index contributed by atoms with van der Waals surface area (Å²) in [6, 6.07) is 14.5. The van der Waals surface area contributed by atoms with Gasteiger partial charge in [0.1, 0.15) is 5.75 Å². The molecule has 1 amide bonds. The molecular formula is C15H14BrNO3. The Morgan fingerprint density at radius 3 is 2.60 bits per heavy atom. The van der Waals surface area contributed by atoms with Crippen molar-refractivity contribution in [1.82, 2.24) is 0 Å². The molecular weight excluding hydrogens is 322 g/mol. The average molecular weight is 336 g/mol.